The molecule has 0 saturated heterocycles. The molecule has 7 heteroatoms. The molecule has 3 nitrogen and oxygen atoms in total. The first-order valence-electron chi connectivity index (χ1n) is 5.95. The Kier molecular flexibility index (Phi) is 4.75. The molecule has 2 aromatic rings. The molecule has 0 aliphatic rings. The Bertz CT molecular complexity index is 695. The highest BCUT2D eigenvalue weighted by Crippen LogP contribution is 2.21. The highest BCUT2D eigenvalue weighted by atomic mass is 35.5. The van der Waals surface area contributed by atoms with Gasteiger partial charge < -0.3 is 5.32 Å². The first-order valence-corrected chi connectivity index (χ1v) is 6.71. The van der Waals surface area contributed by atoms with E-state index >= 15 is 0 Å². The number of nitrogens with zero attached hydrogens (tertiary/aromatic N) is 1. The first kappa shape index (κ1) is 15.7. The Balaban J connectivity index is 2.16. The fraction of sp³-hybridized carbons (Fsp3) is 0.143. The Morgan fingerprint density at radius 1 is 1.29 bits per heavy atom. The zero-order chi connectivity index (χ0) is 15.6. The van der Waals surface area contributed by atoms with Crippen LogP contribution in [0.5, 0.6) is 0 Å². The molecule has 0 saturated carbocycles. The van der Waals surface area contributed by atoms with Crippen LogP contribution >= 0.6 is 23.2 Å². The summed E-state index contributed by atoms with van der Waals surface area (Å²) < 4.78 is 26.5. The first-order chi connectivity index (χ1) is 9.88. The van der Waals surface area contributed by atoms with Crippen LogP contribution in [0.2, 0.25) is 10.2 Å². The second kappa shape index (κ2) is 6.37. The van der Waals surface area contributed by atoms with Gasteiger partial charge in [0.15, 0.2) is 0 Å². The van der Waals surface area contributed by atoms with Gasteiger partial charge in [-0.15, -0.1) is 0 Å². The Hall–Kier alpha value is -1.72. The highest BCUT2D eigenvalue weighted by molar-refractivity contribution is 6.41. The summed E-state index contributed by atoms with van der Waals surface area (Å²) in [5, 5.41) is 2.81. The van der Waals surface area contributed by atoms with E-state index in [1.807, 2.05) is 0 Å². The van der Waals surface area contributed by atoms with Crippen LogP contribution < -0.4 is 5.32 Å². The topological polar surface area (TPSA) is 42.0 Å². The predicted octanol–water partition coefficient (Wildman–Crippen LogP) is 4.16. The number of benzene rings is 1. The molecule has 1 N–H and O–H groups in total. The molecule has 0 aliphatic heterocycles. The van der Waals surface area contributed by atoms with E-state index in [0.717, 1.165) is 12.1 Å². The Morgan fingerprint density at radius 3 is 2.62 bits per heavy atom. The van der Waals surface area contributed by atoms with Gasteiger partial charge >= 0.3 is 0 Å². The molecule has 0 fully saturated rings. The number of hydrogen-bond donors (Lipinski definition) is 1. The van der Waals surface area contributed by atoms with Crippen LogP contribution in [0.25, 0.3) is 0 Å². The van der Waals surface area contributed by atoms with Crippen LogP contribution in [0.1, 0.15) is 28.9 Å². The van der Waals surface area contributed by atoms with Gasteiger partial charge in [0.05, 0.1) is 16.6 Å². The molecular formula is C14H10Cl2F2N2O. The second-order valence-electron chi connectivity index (χ2n) is 4.36. The van der Waals surface area contributed by atoms with Crippen molar-refractivity contribution in [3.63, 3.8) is 0 Å². The van der Waals surface area contributed by atoms with Crippen LogP contribution in [-0.4, -0.2) is 10.9 Å². The van der Waals surface area contributed by atoms with Gasteiger partial charge in [0.25, 0.3) is 5.91 Å². The summed E-state index contributed by atoms with van der Waals surface area (Å²) in [6.07, 6.45) is 1.26. The van der Waals surface area contributed by atoms with Crippen molar-refractivity contribution >= 4 is 29.1 Å². The predicted molar refractivity (Wildman–Crippen MR) is 76.5 cm³/mol. The van der Waals surface area contributed by atoms with Crippen LogP contribution in [0.4, 0.5) is 8.78 Å². The van der Waals surface area contributed by atoms with E-state index in [0.29, 0.717) is 0 Å². The number of pyridine rings is 1. The molecule has 1 aromatic heterocycles. The number of amides is 1. The van der Waals surface area contributed by atoms with Crippen molar-refractivity contribution in [2.75, 3.05) is 0 Å². The lowest BCUT2D eigenvalue weighted by atomic mass is 10.1. The molecule has 2 rings (SSSR count). The van der Waals surface area contributed by atoms with E-state index in [-0.39, 0.29) is 21.3 Å². The molecule has 0 bridgehead atoms. The van der Waals surface area contributed by atoms with Gasteiger partial charge in [-0.05, 0) is 19.1 Å². The van der Waals surface area contributed by atoms with Gasteiger partial charge in [-0.3, -0.25) is 4.79 Å². The zero-order valence-electron chi connectivity index (χ0n) is 10.8. The molecule has 1 heterocycles. The average Bonchev–Trinajstić information content (AvgIpc) is 2.41. The van der Waals surface area contributed by atoms with E-state index in [1.54, 1.807) is 6.92 Å². The Labute approximate surface area is 129 Å². The van der Waals surface area contributed by atoms with Crippen molar-refractivity contribution in [2.45, 2.75) is 13.0 Å². The van der Waals surface area contributed by atoms with E-state index in [2.05, 4.69) is 10.3 Å². The lowest BCUT2D eigenvalue weighted by Crippen LogP contribution is -2.27. The molecule has 1 amide bonds. The maximum Gasteiger partial charge on any atom is 0.253 e. The summed E-state index contributed by atoms with van der Waals surface area (Å²) in [6.45, 7) is 1.58. The normalized spacial score (nSPS) is 12.0. The number of nitrogens with one attached hydrogen (secondary N) is 1. The average molecular weight is 331 g/mol. The third kappa shape index (κ3) is 3.68. The lowest BCUT2D eigenvalue weighted by molar-refractivity contribution is 0.0939. The molecule has 0 aliphatic carbocycles. The van der Waals surface area contributed by atoms with Gasteiger partial charge in [-0.2, -0.15) is 0 Å². The number of rotatable bonds is 3. The van der Waals surface area contributed by atoms with Crippen LogP contribution in [0, 0.1) is 11.6 Å². The molecule has 0 radical (unpaired) electrons. The van der Waals surface area contributed by atoms with Gasteiger partial charge in [-0.25, -0.2) is 13.8 Å². The van der Waals surface area contributed by atoms with Gasteiger partial charge in [0, 0.05) is 17.8 Å². The molecule has 110 valence electrons. The van der Waals surface area contributed by atoms with Crippen molar-refractivity contribution in [2.24, 2.45) is 0 Å². The standard InChI is InChI=1S/C14H10Cl2F2N2O/c1-7(10-3-2-9(17)5-12(10)18)20-14(21)8-4-11(15)13(16)19-6-8/h2-7H,1H3,(H,20,21). The summed E-state index contributed by atoms with van der Waals surface area (Å²) in [4.78, 5) is 15.8. The molecule has 1 unspecified atom stereocenters. The lowest BCUT2D eigenvalue weighted by Gasteiger charge is -2.15. The van der Waals surface area contributed by atoms with E-state index < -0.39 is 23.6 Å². The fourth-order valence-electron chi connectivity index (χ4n) is 1.76. The minimum atomic E-state index is -0.727. The molecule has 0 spiro atoms. The molecular weight excluding hydrogens is 321 g/mol. The molecule has 1 atom stereocenters. The van der Waals surface area contributed by atoms with Crippen LogP contribution in [-0.2, 0) is 0 Å². The van der Waals surface area contributed by atoms with Gasteiger partial charge in [-0.1, -0.05) is 29.3 Å². The van der Waals surface area contributed by atoms with E-state index in [1.165, 1.54) is 18.3 Å². The highest BCUT2D eigenvalue weighted by Gasteiger charge is 2.16. The summed E-state index contributed by atoms with van der Waals surface area (Å²) in [5.41, 5.74) is 0.372. The SMILES string of the molecule is CC(NC(=O)c1cnc(Cl)c(Cl)c1)c1ccc(F)cc1F. The largest absolute Gasteiger partial charge is 0.345 e. The quantitative estimate of drug-likeness (QED) is 0.858. The summed E-state index contributed by atoms with van der Waals surface area (Å²) >= 11 is 11.4. The van der Waals surface area contributed by atoms with Crippen molar-refractivity contribution in [1.82, 2.24) is 10.3 Å². The van der Waals surface area contributed by atoms with Crippen LogP contribution in [0.15, 0.2) is 30.5 Å². The maximum atomic E-state index is 13.6. The number of halogens is 4. The van der Waals surface area contributed by atoms with E-state index in [9.17, 15) is 13.6 Å². The smallest absolute Gasteiger partial charge is 0.253 e. The van der Waals surface area contributed by atoms with Gasteiger partial charge in [0.1, 0.15) is 16.8 Å². The minimum Gasteiger partial charge on any atom is -0.345 e. The Morgan fingerprint density at radius 2 is 2.00 bits per heavy atom. The van der Waals surface area contributed by atoms with Gasteiger partial charge in [0.2, 0.25) is 0 Å². The second-order valence-corrected chi connectivity index (χ2v) is 5.12. The van der Waals surface area contributed by atoms with Crippen molar-refractivity contribution in [3.8, 4) is 0 Å². The number of carbonyl (C=O) groups is 1. The summed E-state index contributed by atoms with van der Waals surface area (Å²) in [5.74, 6) is -1.89. The third-order valence-electron chi connectivity index (χ3n) is 2.84. The molecule has 1 aromatic carbocycles. The maximum absolute atomic E-state index is 13.6. The van der Waals surface area contributed by atoms with Crippen molar-refractivity contribution in [3.05, 3.63) is 63.4 Å². The molecule has 21 heavy (non-hydrogen) atoms. The fourth-order valence-corrected chi connectivity index (χ4v) is 2.03. The van der Waals surface area contributed by atoms with Crippen molar-refractivity contribution < 1.29 is 13.6 Å². The number of hydrogen-bond acceptors (Lipinski definition) is 2. The zero-order valence-corrected chi connectivity index (χ0v) is 12.3. The third-order valence-corrected chi connectivity index (χ3v) is 3.52. The number of carbonyl (C=O) groups excluding carboxylic acids is 1. The van der Waals surface area contributed by atoms with Crippen LogP contribution in [0.3, 0.4) is 0 Å². The van der Waals surface area contributed by atoms with Crippen molar-refractivity contribution in [1.29, 1.82) is 0 Å². The monoisotopic (exact) mass is 330 g/mol. The summed E-state index contributed by atoms with van der Waals surface area (Å²) in [7, 11) is 0. The number of aromatic nitrogens is 1. The van der Waals surface area contributed by atoms with E-state index in [4.69, 9.17) is 23.2 Å². The summed E-state index contributed by atoms with van der Waals surface area (Å²) in [6, 6.07) is 3.89. The minimum absolute atomic E-state index is 0.0887.